The van der Waals surface area contributed by atoms with Crippen LogP contribution in [0.4, 0.5) is 14.7 Å². The quantitative estimate of drug-likeness (QED) is 0.717. The first-order chi connectivity index (χ1) is 12.3. The zero-order valence-corrected chi connectivity index (χ0v) is 13.6. The van der Waals surface area contributed by atoms with Crippen molar-refractivity contribution in [1.82, 2.24) is 23.9 Å². The predicted molar refractivity (Wildman–Crippen MR) is 86.2 cm³/mol. The van der Waals surface area contributed by atoms with Crippen LogP contribution in [0.25, 0.3) is 5.69 Å². The topological polar surface area (TPSA) is 104 Å². The number of amides is 1. The van der Waals surface area contributed by atoms with Crippen LogP contribution in [0.1, 0.15) is 10.4 Å². The number of nitrogens with one attached hydrogen (secondary N) is 1. The van der Waals surface area contributed by atoms with Gasteiger partial charge in [0.15, 0.2) is 11.6 Å². The van der Waals surface area contributed by atoms with Gasteiger partial charge in [-0.25, -0.2) is 18.1 Å². The second-order valence-corrected chi connectivity index (χ2v) is 5.37. The minimum atomic E-state index is -1.38. The number of halogens is 2. The van der Waals surface area contributed by atoms with Crippen LogP contribution >= 0.6 is 0 Å². The minimum absolute atomic E-state index is 0.0618. The van der Waals surface area contributed by atoms with Crippen molar-refractivity contribution < 1.29 is 13.6 Å². The van der Waals surface area contributed by atoms with Gasteiger partial charge in [0.05, 0.1) is 5.69 Å². The van der Waals surface area contributed by atoms with Crippen LogP contribution in [-0.4, -0.2) is 29.8 Å². The Morgan fingerprint density at radius 2 is 1.88 bits per heavy atom. The van der Waals surface area contributed by atoms with Gasteiger partial charge in [-0.1, -0.05) is 6.07 Å². The lowest BCUT2D eigenvalue weighted by atomic mass is 10.2. The molecule has 0 unspecified atom stereocenters. The van der Waals surface area contributed by atoms with Crippen molar-refractivity contribution in [3.8, 4) is 5.69 Å². The highest BCUT2D eigenvalue weighted by Crippen LogP contribution is 2.13. The molecule has 134 valence electrons. The van der Waals surface area contributed by atoms with Crippen LogP contribution in [0.15, 0.2) is 40.3 Å². The Balaban J connectivity index is 2.18. The fourth-order valence-electron chi connectivity index (χ4n) is 2.27. The molecule has 0 fully saturated rings. The van der Waals surface area contributed by atoms with E-state index >= 15 is 0 Å². The molecule has 1 aromatic carbocycles. The van der Waals surface area contributed by atoms with Crippen molar-refractivity contribution in [1.29, 1.82) is 0 Å². The molecule has 1 amide bonds. The molecule has 0 aliphatic heterocycles. The molecule has 26 heavy (non-hydrogen) atoms. The Bertz CT molecular complexity index is 1130. The number of carbonyl (C=O) groups excluding carboxylic acids is 1. The molecule has 0 radical (unpaired) electrons. The standard InChI is InChI=1S/C15H12F2N6O3/c1-21-6-8(12(24)19-14-20-18-7-22(14)2)13(25)23(15(21)26)10-5-3-4-9(16)11(10)17/h3-7H,1-2H3,(H,19,20,24). The highest BCUT2D eigenvalue weighted by atomic mass is 19.2. The first-order valence-electron chi connectivity index (χ1n) is 7.23. The zero-order valence-electron chi connectivity index (χ0n) is 13.6. The van der Waals surface area contributed by atoms with Gasteiger partial charge in [-0.2, -0.15) is 0 Å². The van der Waals surface area contributed by atoms with E-state index in [-0.39, 0.29) is 5.95 Å². The average Bonchev–Trinajstić information content (AvgIpc) is 2.99. The third-order valence-electron chi connectivity index (χ3n) is 3.60. The first-order valence-corrected chi connectivity index (χ1v) is 7.23. The average molecular weight is 362 g/mol. The molecule has 0 saturated heterocycles. The molecule has 2 aromatic heterocycles. The van der Waals surface area contributed by atoms with Crippen molar-refractivity contribution in [2.75, 3.05) is 5.32 Å². The second-order valence-electron chi connectivity index (χ2n) is 5.37. The summed E-state index contributed by atoms with van der Waals surface area (Å²) in [6.07, 6.45) is 2.33. The van der Waals surface area contributed by atoms with Crippen molar-refractivity contribution >= 4 is 11.9 Å². The SMILES string of the molecule is Cn1cnnc1NC(=O)c1cn(C)c(=O)n(-c2cccc(F)c2F)c1=O. The Morgan fingerprint density at radius 1 is 1.15 bits per heavy atom. The molecule has 0 bridgehead atoms. The lowest BCUT2D eigenvalue weighted by Crippen LogP contribution is -2.42. The molecule has 0 aliphatic rings. The number of nitrogens with zero attached hydrogens (tertiary/aromatic N) is 5. The van der Waals surface area contributed by atoms with E-state index in [0.717, 1.165) is 29.0 Å². The van der Waals surface area contributed by atoms with E-state index in [1.165, 1.54) is 17.9 Å². The van der Waals surface area contributed by atoms with Crippen molar-refractivity contribution in [2.45, 2.75) is 0 Å². The summed E-state index contributed by atoms with van der Waals surface area (Å²) in [7, 11) is 2.84. The van der Waals surface area contributed by atoms with E-state index in [1.54, 1.807) is 7.05 Å². The maximum atomic E-state index is 14.1. The van der Waals surface area contributed by atoms with Crippen LogP contribution in [0.2, 0.25) is 0 Å². The van der Waals surface area contributed by atoms with Crippen LogP contribution in [0, 0.1) is 11.6 Å². The summed E-state index contributed by atoms with van der Waals surface area (Å²) in [5.74, 6) is -3.43. The molecule has 0 aliphatic carbocycles. The van der Waals surface area contributed by atoms with Crippen LogP contribution < -0.4 is 16.6 Å². The van der Waals surface area contributed by atoms with Crippen molar-refractivity contribution in [3.05, 3.63) is 68.8 Å². The summed E-state index contributed by atoms with van der Waals surface area (Å²) >= 11 is 0. The number of benzene rings is 1. The largest absolute Gasteiger partial charge is 0.335 e. The van der Waals surface area contributed by atoms with Crippen LogP contribution in [0.5, 0.6) is 0 Å². The van der Waals surface area contributed by atoms with E-state index in [4.69, 9.17) is 0 Å². The van der Waals surface area contributed by atoms with Gasteiger partial charge in [0.25, 0.3) is 11.5 Å². The molecule has 2 heterocycles. The molecule has 9 nitrogen and oxygen atoms in total. The number of aryl methyl sites for hydroxylation is 2. The molecular weight excluding hydrogens is 350 g/mol. The highest BCUT2D eigenvalue weighted by molar-refractivity contribution is 6.02. The third kappa shape index (κ3) is 2.79. The van der Waals surface area contributed by atoms with Gasteiger partial charge < -0.3 is 9.13 Å². The lowest BCUT2D eigenvalue weighted by molar-refractivity contribution is 0.102. The monoisotopic (exact) mass is 362 g/mol. The maximum absolute atomic E-state index is 14.1. The van der Waals surface area contributed by atoms with Crippen molar-refractivity contribution in [3.63, 3.8) is 0 Å². The summed E-state index contributed by atoms with van der Waals surface area (Å²) in [6.45, 7) is 0. The van der Waals surface area contributed by atoms with Gasteiger partial charge in [0.2, 0.25) is 5.95 Å². The first kappa shape index (κ1) is 17.2. The Kier molecular flexibility index (Phi) is 4.20. The third-order valence-corrected chi connectivity index (χ3v) is 3.60. The van der Waals surface area contributed by atoms with Gasteiger partial charge in [0, 0.05) is 20.3 Å². The van der Waals surface area contributed by atoms with E-state index in [1.807, 2.05) is 0 Å². The molecule has 1 N–H and O–H groups in total. The predicted octanol–water partition coefficient (Wildman–Crippen LogP) is 0.195. The van der Waals surface area contributed by atoms with Crippen molar-refractivity contribution in [2.24, 2.45) is 14.1 Å². The van der Waals surface area contributed by atoms with E-state index in [9.17, 15) is 23.2 Å². The maximum Gasteiger partial charge on any atom is 0.335 e. The van der Waals surface area contributed by atoms with Gasteiger partial charge in [-0.3, -0.25) is 14.9 Å². The molecule has 0 saturated carbocycles. The van der Waals surface area contributed by atoms with Gasteiger partial charge in [-0.15, -0.1) is 10.2 Å². The molecule has 3 rings (SSSR count). The Hall–Kier alpha value is -3.63. The minimum Gasteiger partial charge on any atom is -0.303 e. The van der Waals surface area contributed by atoms with E-state index in [2.05, 4.69) is 15.5 Å². The number of hydrogen-bond acceptors (Lipinski definition) is 5. The number of rotatable bonds is 3. The summed E-state index contributed by atoms with van der Waals surface area (Å²) in [6, 6.07) is 3.05. The Morgan fingerprint density at radius 3 is 2.54 bits per heavy atom. The lowest BCUT2D eigenvalue weighted by Gasteiger charge is -2.11. The van der Waals surface area contributed by atoms with Gasteiger partial charge in [0.1, 0.15) is 11.9 Å². The van der Waals surface area contributed by atoms with Gasteiger partial charge in [-0.05, 0) is 12.1 Å². The second kappa shape index (κ2) is 6.35. The molecule has 0 spiro atoms. The van der Waals surface area contributed by atoms with E-state index in [0.29, 0.717) is 4.57 Å². The molecular formula is C15H12F2N6O3. The molecule has 0 atom stereocenters. The summed E-state index contributed by atoms with van der Waals surface area (Å²) in [4.78, 5) is 37.3. The molecule has 11 heteroatoms. The smallest absolute Gasteiger partial charge is 0.303 e. The van der Waals surface area contributed by atoms with Gasteiger partial charge >= 0.3 is 5.69 Å². The summed E-state index contributed by atoms with van der Waals surface area (Å²) < 4.78 is 30.3. The van der Waals surface area contributed by atoms with E-state index < -0.39 is 40.0 Å². The van der Waals surface area contributed by atoms with Crippen LogP contribution in [-0.2, 0) is 14.1 Å². The summed E-state index contributed by atoms with van der Waals surface area (Å²) in [5, 5.41) is 9.58. The number of anilines is 1. The number of carbonyl (C=O) groups is 1. The summed E-state index contributed by atoms with van der Waals surface area (Å²) in [5.41, 5.74) is -3.09. The normalized spacial score (nSPS) is 10.8. The zero-order chi connectivity index (χ0) is 19.0. The fourth-order valence-corrected chi connectivity index (χ4v) is 2.27. The van der Waals surface area contributed by atoms with Crippen LogP contribution in [0.3, 0.4) is 0 Å². The highest BCUT2D eigenvalue weighted by Gasteiger charge is 2.21. The number of aromatic nitrogens is 5. The molecule has 3 aromatic rings. The number of hydrogen-bond donors (Lipinski definition) is 1. The fraction of sp³-hybridized carbons (Fsp3) is 0.133. The Labute approximate surface area is 144 Å².